The highest BCUT2D eigenvalue weighted by Crippen LogP contribution is 2.25. The standard InChI is InChI=1S/C14H13FN2O3/c1-2-20-14-5-3-4-11(9-14)16-12-6-10(15)7-13(8-12)17(18)19/h3-9,16H,2H2,1H3. The van der Waals surface area contributed by atoms with Gasteiger partial charge >= 0.3 is 0 Å². The monoisotopic (exact) mass is 276 g/mol. The van der Waals surface area contributed by atoms with Crippen molar-refractivity contribution < 1.29 is 14.1 Å². The number of hydrogen-bond acceptors (Lipinski definition) is 4. The van der Waals surface area contributed by atoms with Crippen molar-refractivity contribution in [3.05, 3.63) is 58.4 Å². The Kier molecular flexibility index (Phi) is 4.14. The van der Waals surface area contributed by atoms with Crippen LogP contribution in [-0.4, -0.2) is 11.5 Å². The van der Waals surface area contributed by atoms with Crippen molar-refractivity contribution in [1.29, 1.82) is 0 Å². The third kappa shape index (κ3) is 3.44. The Morgan fingerprint density at radius 3 is 2.75 bits per heavy atom. The number of hydrogen-bond donors (Lipinski definition) is 1. The Balaban J connectivity index is 2.25. The van der Waals surface area contributed by atoms with Crippen LogP contribution in [0, 0.1) is 15.9 Å². The van der Waals surface area contributed by atoms with Crippen LogP contribution in [0.1, 0.15) is 6.92 Å². The van der Waals surface area contributed by atoms with E-state index in [0.29, 0.717) is 23.7 Å². The Hall–Kier alpha value is -2.63. The van der Waals surface area contributed by atoms with E-state index in [-0.39, 0.29) is 5.69 Å². The van der Waals surface area contributed by atoms with Crippen LogP contribution >= 0.6 is 0 Å². The Morgan fingerprint density at radius 1 is 1.25 bits per heavy atom. The smallest absolute Gasteiger partial charge is 0.274 e. The molecule has 0 amide bonds. The van der Waals surface area contributed by atoms with Gasteiger partial charge in [0.2, 0.25) is 0 Å². The normalized spacial score (nSPS) is 10.1. The maximum Gasteiger partial charge on any atom is 0.274 e. The number of anilines is 2. The predicted molar refractivity (Wildman–Crippen MR) is 73.9 cm³/mol. The summed E-state index contributed by atoms with van der Waals surface area (Å²) in [5.74, 6) is 0.00562. The first-order valence-corrected chi connectivity index (χ1v) is 6.03. The molecule has 6 heteroatoms. The summed E-state index contributed by atoms with van der Waals surface area (Å²) >= 11 is 0. The van der Waals surface area contributed by atoms with Crippen molar-refractivity contribution in [2.45, 2.75) is 6.92 Å². The summed E-state index contributed by atoms with van der Waals surface area (Å²) in [6.07, 6.45) is 0. The maximum atomic E-state index is 13.3. The molecule has 0 bridgehead atoms. The number of nitrogens with zero attached hydrogens (tertiary/aromatic N) is 1. The number of nitro benzene ring substituents is 1. The minimum absolute atomic E-state index is 0.298. The van der Waals surface area contributed by atoms with Gasteiger partial charge in [-0.1, -0.05) is 6.07 Å². The molecule has 0 fully saturated rings. The molecule has 20 heavy (non-hydrogen) atoms. The van der Waals surface area contributed by atoms with Gasteiger partial charge in [0.25, 0.3) is 5.69 Å². The molecule has 0 aliphatic heterocycles. The zero-order chi connectivity index (χ0) is 14.5. The Labute approximate surface area is 115 Å². The number of non-ortho nitro benzene ring substituents is 1. The van der Waals surface area contributed by atoms with Crippen LogP contribution in [0.5, 0.6) is 5.75 Å². The molecule has 5 nitrogen and oxygen atoms in total. The van der Waals surface area contributed by atoms with E-state index < -0.39 is 10.7 Å². The van der Waals surface area contributed by atoms with Gasteiger partial charge < -0.3 is 10.1 Å². The van der Waals surface area contributed by atoms with E-state index in [1.807, 2.05) is 6.92 Å². The summed E-state index contributed by atoms with van der Waals surface area (Å²) in [5.41, 5.74) is 0.676. The molecule has 0 spiro atoms. The van der Waals surface area contributed by atoms with E-state index >= 15 is 0 Å². The molecule has 1 N–H and O–H groups in total. The van der Waals surface area contributed by atoms with Gasteiger partial charge in [0, 0.05) is 23.5 Å². The summed E-state index contributed by atoms with van der Waals surface area (Å²) in [6, 6.07) is 10.4. The summed E-state index contributed by atoms with van der Waals surface area (Å²) in [4.78, 5) is 10.1. The van der Waals surface area contributed by atoms with E-state index in [1.165, 1.54) is 12.1 Å². The van der Waals surface area contributed by atoms with E-state index in [0.717, 1.165) is 6.07 Å². The van der Waals surface area contributed by atoms with E-state index in [4.69, 9.17) is 4.74 Å². The average molecular weight is 276 g/mol. The first kappa shape index (κ1) is 13.8. The Morgan fingerprint density at radius 2 is 2.05 bits per heavy atom. The van der Waals surface area contributed by atoms with Gasteiger partial charge in [-0.2, -0.15) is 0 Å². The van der Waals surface area contributed by atoms with Gasteiger partial charge in [-0.15, -0.1) is 0 Å². The molecule has 0 radical (unpaired) electrons. The van der Waals surface area contributed by atoms with Gasteiger partial charge in [0.05, 0.1) is 17.6 Å². The average Bonchev–Trinajstić information content (AvgIpc) is 2.38. The van der Waals surface area contributed by atoms with Crippen LogP contribution in [-0.2, 0) is 0 Å². The first-order chi connectivity index (χ1) is 9.58. The summed E-state index contributed by atoms with van der Waals surface area (Å²) in [7, 11) is 0. The molecule has 0 heterocycles. The Bertz CT molecular complexity index is 632. The number of ether oxygens (including phenoxy) is 1. The zero-order valence-corrected chi connectivity index (χ0v) is 10.8. The van der Waals surface area contributed by atoms with Gasteiger partial charge in [-0.3, -0.25) is 10.1 Å². The quantitative estimate of drug-likeness (QED) is 0.665. The molecule has 2 aromatic carbocycles. The van der Waals surface area contributed by atoms with Gasteiger partial charge in [0.1, 0.15) is 11.6 Å². The molecule has 104 valence electrons. The fourth-order valence-electron chi connectivity index (χ4n) is 1.75. The van der Waals surface area contributed by atoms with E-state index in [2.05, 4.69) is 5.32 Å². The van der Waals surface area contributed by atoms with Crippen molar-refractivity contribution in [2.24, 2.45) is 0 Å². The molecule has 0 saturated carbocycles. The lowest BCUT2D eigenvalue weighted by Crippen LogP contribution is -1.96. The summed E-state index contributed by atoms with van der Waals surface area (Å²) in [6.45, 7) is 2.41. The highest BCUT2D eigenvalue weighted by atomic mass is 19.1. The molecule has 0 saturated heterocycles. The highest BCUT2D eigenvalue weighted by Gasteiger charge is 2.10. The number of nitro groups is 1. The second-order valence-electron chi connectivity index (χ2n) is 4.04. The molecular weight excluding hydrogens is 263 g/mol. The van der Waals surface area contributed by atoms with Crippen molar-refractivity contribution >= 4 is 17.1 Å². The fourth-order valence-corrected chi connectivity index (χ4v) is 1.75. The van der Waals surface area contributed by atoms with Crippen molar-refractivity contribution in [3.63, 3.8) is 0 Å². The maximum absolute atomic E-state index is 13.3. The summed E-state index contributed by atoms with van der Waals surface area (Å²) in [5, 5.41) is 13.6. The lowest BCUT2D eigenvalue weighted by Gasteiger charge is -2.09. The SMILES string of the molecule is CCOc1cccc(Nc2cc(F)cc([N+](=O)[O-])c2)c1. The van der Waals surface area contributed by atoms with E-state index in [9.17, 15) is 14.5 Å². The fraction of sp³-hybridized carbons (Fsp3) is 0.143. The van der Waals surface area contributed by atoms with Crippen molar-refractivity contribution in [2.75, 3.05) is 11.9 Å². The second-order valence-corrected chi connectivity index (χ2v) is 4.04. The zero-order valence-electron chi connectivity index (χ0n) is 10.8. The largest absolute Gasteiger partial charge is 0.494 e. The van der Waals surface area contributed by atoms with Crippen molar-refractivity contribution in [3.8, 4) is 5.75 Å². The van der Waals surface area contributed by atoms with Crippen LogP contribution in [0.25, 0.3) is 0 Å². The second kappa shape index (κ2) is 6.01. The molecular formula is C14H13FN2O3. The molecule has 0 aromatic heterocycles. The molecule has 0 aliphatic rings. The summed E-state index contributed by atoms with van der Waals surface area (Å²) < 4.78 is 18.7. The van der Waals surface area contributed by atoms with Gasteiger partial charge in [0.15, 0.2) is 0 Å². The lowest BCUT2D eigenvalue weighted by molar-refractivity contribution is -0.385. The van der Waals surface area contributed by atoms with Crippen LogP contribution in [0.3, 0.4) is 0 Å². The first-order valence-electron chi connectivity index (χ1n) is 6.03. The number of benzene rings is 2. The van der Waals surface area contributed by atoms with E-state index in [1.54, 1.807) is 24.3 Å². The molecule has 2 rings (SSSR count). The number of halogens is 1. The van der Waals surface area contributed by atoms with Crippen LogP contribution < -0.4 is 10.1 Å². The van der Waals surface area contributed by atoms with Crippen LogP contribution in [0.2, 0.25) is 0 Å². The topological polar surface area (TPSA) is 64.4 Å². The van der Waals surface area contributed by atoms with Crippen LogP contribution in [0.4, 0.5) is 21.5 Å². The number of rotatable bonds is 5. The molecule has 2 aromatic rings. The number of nitrogens with one attached hydrogen (secondary N) is 1. The highest BCUT2D eigenvalue weighted by molar-refractivity contribution is 5.63. The third-order valence-electron chi connectivity index (χ3n) is 2.53. The molecule has 0 aliphatic carbocycles. The predicted octanol–water partition coefficient (Wildman–Crippen LogP) is 3.88. The van der Waals surface area contributed by atoms with Gasteiger partial charge in [-0.05, 0) is 25.1 Å². The third-order valence-corrected chi connectivity index (χ3v) is 2.53. The lowest BCUT2D eigenvalue weighted by atomic mass is 10.2. The van der Waals surface area contributed by atoms with Crippen molar-refractivity contribution in [1.82, 2.24) is 0 Å². The van der Waals surface area contributed by atoms with Crippen LogP contribution in [0.15, 0.2) is 42.5 Å². The molecule has 0 atom stereocenters. The molecule has 0 unspecified atom stereocenters. The minimum Gasteiger partial charge on any atom is -0.494 e. The minimum atomic E-state index is -0.664. The van der Waals surface area contributed by atoms with Gasteiger partial charge in [-0.25, -0.2) is 4.39 Å².